The van der Waals surface area contributed by atoms with E-state index < -0.39 is 0 Å². The lowest BCUT2D eigenvalue weighted by atomic mass is 9.97. The van der Waals surface area contributed by atoms with Crippen LogP contribution in [-0.2, 0) is 11.2 Å². The third-order valence-electron chi connectivity index (χ3n) is 3.03. The summed E-state index contributed by atoms with van der Waals surface area (Å²) >= 11 is 0. The Morgan fingerprint density at radius 2 is 2.12 bits per heavy atom. The van der Waals surface area contributed by atoms with Gasteiger partial charge in [-0.05, 0) is 34.9 Å². The first-order chi connectivity index (χ1) is 8.22. The van der Waals surface area contributed by atoms with Gasteiger partial charge in [-0.25, -0.2) is 0 Å². The number of pyridine rings is 1. The van der Waals surface area contributed by atoms with Crippen LogP contribution < -0.4 is 0 Å². The van der Waals surface area contributed by atoms with Gasteiger partial charge in [0.25, 0.3) is 0 Å². The normalized spacial score (nSPS) is 11.0. The van der Waals surface area contributed by atoms with Crippen molar-refractivity contribution in [2.75, 3.05) is 0 Å². The molecule has 0 radical (unpaired) electrons. The van der Waals surface area contributed by atoms with Crippen molar-refractivity contribution in [3.8, 4) is 0 Å². The average molecular weight is 227 g/mol. The molecule has 0 saturated carbocycles. The van der Waals surface area contributed by atoms with E-state index >= 15 is 0 Å². The molecular weight excluding hydrogens is 210 g/mol. The van der Waals surface area contributed by atoms with Crippen molar-refractivity contribution in [2.45, 2.75) is 32.6 Å². The van der Waals surface area contributed by atoms with Gasteiger partial charge < -0.3 is 4.79 Å². The lowest BCUT2D eigenvalue weighted by molar-refractivity contribution is -0.107. The van der Waals surface area contributed by atoms with E-state index in [4.69, 9.17) is 0 Å². The van der Waals surface area contributed by atoms with E-state index in [0.29, 0.717) is 12.3 Å². The number of carbonyl (C=O) groups is 1. The largest absolute Gasteiger partial charge is 0.303 e. The van der Waals surface area contributed by atoms with Crippen LogP contribution in [0.1, 0.15) is 37.3 Å². The van der Waals surface area contributed by atoms with Crippen molar-refractivity contribution in [2.24, 2.45) is 0 Å². The molecule has 2 aromatic rings. The Balaban J connectivity index is 2.45. The van der Waals surface area contributed by atoms with E-state index in [2.05, 4.69) is 37.0 Å². The maximum absolute atomic E-state index is 10.4. The second-order valence-electron chi connectivity index (χ2n) is 4.64. The van der Waals surface area contributed by atoms with Gasteiger partial charge in [0.15, 0.2) is 0 Å². The molecule has 2 heteroatoms. The summed E-state index contributed by atoms with van der Waals surface area (Å²) in [5.41, 5.74) is 2.48. The maximum Gasteiger partial charge on any atom is 0.120 e. The molecule has 0 atom stereocenters. The summed E-state index contributed by atoms with van der Waals surface area (Å²) in [6.45, 7) is 4.35. The fraction of sp³-hybridized carbons (Fsp3) is 0.333. The first-order valence-corrected chi connectivity index (χ1v) is 6.02. The van der Waals surface area contributed by atoms with E-state index in [1.807, 2.05) is 12.4 Å². The molecular formula is C15H17NO. The lowest BCUT2D eigenvalue weighted by Gasteiger charge is -2.10. The number of nitrogens with zero attached hydrogens (tertiary/aromatic N) is 1. The standard InChI is InChI=1S/C15H17NO/c1-11(2)15-10-16-9-13-8-12(4-3-7-17)5-6-14(13)15/h5-11H,3-4H2,1-2H3. The monoisotopic (exact) mass is 227 g/mol. The van der Waals surface area contributed by atoms with Crippen LogP contribution in [0.15, 0.2) is 30.6 Å². The molecule has 88 valence electrons. The van der Waals surface area contributed by atoms with E-state index in [1.165, 1.54) is 21.9 Å². The molecule has 17 heavy (non-hydrogen) atoms. The summed E-state index contributed by atoms with van der Waals surface area (Å²) in [5.74, 6) is 0.479. The van der Waals surface area contributed by atoms with Gasteiger partial charge in [-0.3, -0.25) is 4.98 Å². The van der Waals surface area contributed by atoms with Gasteiger partial charge in [-0.15, -0.1) is 0 Å². The van der Waals surface area contributed by atoms with Gasteiger partial charge in [-0.2, -0.15) is 0 Å². The van der Waals surface area contributed by atoms with E-state index in [9.17, 15) is 4.79 Å². The number of rotatable bonds is 4. The maximum atomic E-state index is 10.4. The molecule has 0 fully saturated rings. The van der Waals surface area contributed by atoms with Gasteiger partial charge >= 0.3 is 0 Å². The van der Waals surface area contributed by atoms with Crippen LogP contribution in [0.5, 0.6) is 0 Å². The van der Waals surface area contributed by atoms with E-state index in [0.717, 1.165) is 12.7 Å². The third kappa shape index (κ3) is 2.52. The Morgan fingerprint density at radius 3 is 2.82 bits per heavy atom. The molecule has 1 heterocycles. The van der Waals surface area contributed by atoms with Crippen molar-refractivity contribution >= 4 is 17.1 Å². The Labute approximate surface area is 102 Å². The molecule has 0 spiro atoms. The Hall–Kier alpha value is -1.70. The van der Waals surface area contributed by atoms with Crippen molar-refractivity contribution < 1.29 is 4.79 Å². The smallest absolute Gasteiger partial charge is 0.120 e. The van der Waals surface area contributed by atoms with Crippen molar-refractivity contribution in [3.63, 3.8) is 0 Å². The third-order valence-corrected chi connectivity index (χ3v) is 3.03. The number of carbonyl (C=O) groups excluding carboxylic acids is 1. The fourth-order valence-corrected chi connectivity index (χ4v) is 2.09. The van der Waals surface area contributed by atoms with Crippen LogP contribution >= 0.6 is 0 Å². The lowest BCUT2D eigenvalue weighted by Crippen LogP contribution is -1.93. The number of benzene rings is 1. The van der Waals surface area contributed by atoms with Gasteiger partial charge in [0.2, 0.25) is 0 Å². The summed E-state index contributed by atoms with van der Waals surface area (Å²) in [4.78, 5) is 14.7. The predicted molar refractivity (Wildman–Crippen MR) is 70.2 cm³/mol. The van der Waals surface area contributed by atoms with Crippen LogP contribution in [-0.4, -0.2) is 11.3 Å². The zero-order chi connectivity index (χ0) is 12.3. The quantitative estimate of drug-likeness (QED) is 0.748. The van der Waals surface area contributed by atoms with Gasteiger partial charge in [0.05, 0.1) is 0 Å². The highest BCUT2D eigenvalue weighted by molar-refractivity contribution is 5.85. The number of hydrogen-bond donors (Lipinski definition) is 0. The molecule has 0 aliphatic carbocycles. The van der Waals surface area contributed by atoms with Crippen LogP contribution in [0.4, 0.5) is 0 Å². The van der Waals surface area contributed by atoms with Crippen LogP contribution in [0, 0.1) is 0 Å². The Morgan fingerprint density at radius 1 is 1.29 bits per heavy atom. The first-order valence-electron chi connectivity index (χ1n) is 6.02. The highest BCUT2D eigenvalue weighted by atomic mass is 16.1. The zero-order valence-electron chi connectivity index (χ0n) is 10.3. The highest BCUT2D eigenvalue weighted by Crippen LogP contribution is 2.25. The minimum absolute atomic E-state index is 0.479. The molecule has 0 aliphatic rings. The van der Waals surface area contributed by atoms with Crippen LogP contribution in [0.2, 0.25) is 0 Å². The van der Waals surface area contributed by atoms with Gasteiger partial charge in [-0.1, -0.05) is 26.0 Å². The summed E-state index contributed by atoms with van der Waals surface area (Å²) in [5, 5.41) is 2.43. The summed E-state index contributed by atoms with van der Waals surface area (Å²) in [6.07, 6.45) is 6.20. The molecule has 1 aromatic heterocycles. The Bertz CT molecular complexity index is 531. The summed E-state index contributed by atoms with van der Waals surface area (Å²) in [7, 11) is 0. The van der Waals surface area contributed by atoms with Crippen molar-refractivity contribution in [1.29, 1.82) is 0 Å². The van der Waals surface area contributed by atoms with Gasteiger partial charge in [0.1, 0.15) is 6.29 Å². The second-order valence-corrected chi connectivity index (χ2v) is 4.64. The summed E-state index contributed by atoms with van der Waals surface area (Å²) in [6, 6.07) is 6.39. The number of hydrogen-bond acceptors (Lipinski definition) is 2. The van der Waals surface area contributed by atoms with Gasteiger partial charge in [0, 0.05) is 24.2 Å². The number of aryl methyl sites for hydroxylation is 1. The molecule has 0 bridgehead atoms. The highest BCUT2D eigenvalue weighted by Gasteiger charge is 2.05. The van der Waals surface area contributed by atoms with Crippen molar-refractivity contribution in [1.82, 2.24) is 4.98 Å². The number of fused-ring (bicyclic) bond motifs is 1. The SMILES string of the molecule is CC(C)c1cncc2cc(CCC=O)ccc12. The summed E-state index contributed by atoms with van der Waals surface area (Å²) < 4.78 is 0. The molecule has 0 N–H and O–H groups in total. The van der Waals surface area contributed by atoms with Crippen LogP contribution in [0.3, 0.4) is 0 Å². The van der Waals surface area contributed by atoms with Crippen LogP contribution in [0.25, 0.3) is 10.8 Å². The molecule has 0 unspecified atom stereocenters. The molecule has 2 rings (SSSR count). The average Bonchev–Trinajstić information content (AvgIpc) is 2.35. The minimum Gasteiger partial charge on any atom is -0.303 e. The molecule has 0 aliphatic heterocycles. The predicted octanol–water partition coefficient (Wildman–Crippen LogP) is 3.49. The van der Waals surface area contributed by atoms with E-state index in [-0.39, 0.29) is 0 Å². The van der Waals surface area contributed by atoms with Crippen molar-refractivity contribution in [3.05, 3.63) is 41.7 Å². The fourth-order valence-electron chi connectivity index (χ4n) is 2.09. The minimum atomic E-state index is 0.479. The molecule has 0 amide bonds. The Kier molecular flexibility index (Phi) is 3.52. The number of aldehydes is 1. The molecule has 2 nitrogen and oxygen atoms in total. The number of aromatic nitrogens is 1. The topological polar surface area (TPSA) is 30.0 Å². The second kappa shape index (κ2) is 5.09. The zero-order valence-corrected chi connectivity index (χ0v) is 10.3. The first kappa shape index (κ1) is 11.8. The van der Waals surface area contributed by atoms with E-state index in [1.54, 1.807) is 0 Å². The molecule has 1 aromatic carbocycles. The molecule has 0 saturated heterocycles.